The Kier molecular flexibility index (Phi) is 4.60. The van der Waals surface area contributed by atoms with E-state index in [1.165, 1.54) is 31.2 Å². The van der Waals surface area contributed by atoms with Gasteiger partial charge in [-0.2, -0.15) is 0 Å². The molecular formula is C16H17Br2N3. The zero-order valence-corrected chi connectivity index (χ0v) is 14.8. The van der Waals surface area contributed by atoms with E-state index in [0.29, 0.717) is 18.2 Å². The number of benzene rings is 1. The normalized spacial score (nSPS) is 15.5. The maximum Gasteiger partial charge on any atom is 0.141 e. The van der Waals surface area contributed by atoms with E-state index in [1.54, 1.807) is 0 Å². The molecule has 0 spiro atoms. The van der Waals surface area contributed by atoms with Crippen LogP contribution in [-0.2, 0) is 6.42 Å². The topological polar surface area (TPSA) is 51.8 Å². The second-order valence-corrected chi connectivity index (χ2v) is 7.12. The molecule has 3 rings (SSSR count). The van der Waals surface area contributed by atoms with Gasteiger partial charge in [0, 0.05) is 16.8 Å². The van der Waals surface area contributed by atoms with Crippen LogP contribution in [0.1, 0.15) is 48.7 Å². The Labute approximate surface area is 141 Å². The van der Waals surface area contributed by atoms with E-state index in [0.717, 1.165) is 20.5 Å². The minimum Gasteiger partial charge on any atom is -0.383 e. The molecule has 110 valence electrons. The van der Waals surface area contributed by atoms with Crippen LogP contribution in [0.4, 0.5) is 5.82 Å². The van der Waals surface area contributed by atoms with Gasteiger partial charge in [-0.1, -0.05) is 47.0 Å². The summed E-state index contributed by atoms with van der Waals surface area (Å²) in [5.74, 6) is 1.86. The Balaban J connectivity index is 1.94. The van der Waals surface area contributed by atoms with E-state index < -0.39 is 0 Å². The van der Waals surface area contributed by atoms with Gasteiger partial charge in [0.05, 0.1) is 10.2 Å². The number of rotatable bonds is 3. The lowest BCUT2D eigenvalue weighted by atomic mass is 10.0. The quantitative estimate of drug-likeness (QED) is 0.787. The first-order valence-corrected chi connectivity index (χ1v) is 8.79. The highest BCUT2D eigenvalue weighted by Gasteiger charge is 2.23. The summed E-state index contributed by atoms with van der Waals surface area (Å²) in [5.41, 5.74) is 8.33. The number of hydrogen-bond acceptors (Lipinski definition) is 3. The summed E-state index contributed by atoms with van der Waals surface area (Å²) in [4.78, 5) is 9.23. The number of halogens is 2. The molecule has 0 amide bonds. The first kappa shape index (κ1) is 15.0. The lowest BCUT2D eigenvalue weighted by Gasteiger charge is -2.14. The number of nitrogens with two attached hydrogens (primary N) is 1. The van der Waals surface area contributed by atoms with Crippen molar-refractivity contribution in [3.8, 4) is 0 Å². The minimum atomic E-state index is 0.516. The third-order valence-corrected chi connectivity index (χ3v) is 5.58. The maximum atomic E-state index is 6.07. The summed E-state index contributed by atoms with van der Waals surface area (Å²) in [6, 6.07) is 8.16. The van der Waals surface area contributed by atoms with Crippen molar-refractivity contribution in [1.29, 1.82) is 0 Å². The van der Waals surface area contributed by atoms with E-state index in [1.807, 2.05) is 18.2 Å². The molecule has 0 aliphatic heterocycles. The fraction of sp³-hybridized carbons (Fsp3) is 0.375. The molecule has 0 bridgehead atoms. The van der Waals surface area contributed by atoms with Crippen molar-refractivity contribution in [3.05, 3.63) is 50.3 Å². The predicted molar refractivity (Wildman–Crippen MR) is 92.3 cm³/mol. The van der Waals surface area contributed by atoms with Gasteiger partial charge in [-0.05, 0) is 40.4 Å². The van der Waals surface area contributed by atoms with Crippen LogP contribution in [0.25, 0.3) is 0 Å². The summed E-state index contributed by atoms with van der Waals surface area (Å²) in [5, 5.41) is 0. The standard InChI is InChI=1S/C16H17Br2N3/c17-12-8-4-3-7-11(12)9-13-20-15(10-5-1-2-6-10)14(18)16(19)21-13/h3-4,7-8,10H,1-2,5-6,9H2,(H2,19,20,21). The van der Waals surface area contributed by atoms with Crippen molar-refractivity contribution >= 4 is 37.7 Å². The number of anilines is 1. The SMILES string of the molecule is Nc1nc(Cc2ccccc2Br)nc(C2CCCC2)c1Br. The van der Waals surface area contributed by atoms with Crippen LogP contribution in [0.3, 0.4) is 0 Å². The highest BCUT2D eigenvalue weighted by molar-refractivity contribution is 9.11. The van der Waals surface area contributed by atoms with Crippen molar-refractivity contribution in [2.45, 2.75) is 38.0 Å². The summed E-state index contributed by atoms with van der Waals surface area (Å²) < 4.78 is 1.96. The lowest BCUT2D eigenvalue weighted by molar-refractivity contribution is 0.682. The van der Waals surface area contributed by atoms with E-state index in [4.69, 9.17) is 10.7 Å². The Morgan fingerprint density at radius 3 is 2.52 bits per heavy atom. The molecule has 2 aromatic rings. The average Bonchev–Trinajstić information content (AvgIpc) is 2.99. The highest BCUT2D eigenvalue weighted by Crippen LogP contribution is 2.38. The number of nitrogen functional groups attached to an aromatic ring is 1. The van der Waals surface area contributed by atoms with Gasteiger partial charge >= 0.3 is 0 Å². The molecule has 5 heteroatoms. The largest absolute Gasteiger partial charge is 0.383 e. The molecule has 1 heterocycles. The molecule has 1 aromatic heterocycles. The molecule has 1 aromatic carbocycles. The average molecular weight is 411 g/mol. The molecule has 3 nitrogen and oxygen atoms in total. The van der Waals surface area contributed by atoms with Crippen LogP contribution in [0.15, 0.2) is 33.2 Å². The third-order valence-electron chi connectivity index (χ3n) is 4.00. The molecule has 1 fully saturated rings. The fourth-order valence-corrected chi connectivity index (χ4v) is 3.82. The van der Waals surface area contributed by atoms with Crippen LogP contribution in [0.2, 0.25) is 0 Å². The van der Waals surface area contributed by atoms with Crippen molar-refractivity contribution in [2.24, 2.45) is 0 Å². The smallest absolute Gasteiger partial charge is 0.141 e. The maximum absolute atomic E-state index is 6.07. The van der Waals surface area contributed by atoms with Crippen LogP contribution < -0.4 is 5.73 Å². The minimum absolute atomic E-state index is 0.516. The number of nitrogens with zero attached hydrogens (tertiary/aromatic N) is 2. The summed E-state index contributed by atoms with van der Waals surface area (Å²) in [7, 11) is 0. The highest BCUT2D eigenvalue weighted by atomic mass is 79.9. The molecule has 1 aliphatic rings. The fourth-order valence-electron chi connectivity index (χ4n) is 2.89. The summed E-state index contributed by atoms with van der Waals surface area (Å²) >= 11 is 7.14. The second kappa shape index (κ2) is 6.44. The van der Waals surface area contributed by atoms with Gasteiger partial charge in [-0.25, -0.2) is 9.97 Å². The van der Waals surface area contributed by atoms with Gasteiger partial charge in [-0.15, -0.1) is 0 Å². The molecule has 0 saturated heterocycles. The van der Waals surface area contributed by atoms with Crippen molar-refractivity contribution in [2.75, 3.05) is 5.73 Å². The summed E-state index contributed by atoms with van der Waals surface area (Å²) in [6.45, 7) is 0. The Bertz CT molecular complexity index is 652. The van der Waals surface area contributed by atoms with E-state index >= 15 is 0 Å². The van der Waals surface area contributed by atoms with Gasteiger partial charge < -0.3 is 5.73 Å². The monoisotopic (exact) mass is 409 g/mol. The van der Waals surface area contributed by atoms with Gasteiger partial charge in [-0.3, -0.25) is 0 Å². The third kappa shape index (κ3) is 3.29. The number of hydrogen-bond donors (Lipinski definition) is 1. The van der Waals surface area contributed by atoms with Crippen molar-refractivity contribution in [1.82, 2.24) is 9.97 Å². The first-order valence-electron chi connectivity index (χ1n) is 7.20. The molecule has 21 heavy (non-hydrogen) atoms. The molecule has 0 radical (unpaired) electrons. The van der Waals surface area contributed by atoms with Gasteiger partial charge in [0.25, 0.3) is 0 Å². The number of aromatic nitrogens is 2. The molecular weight excluding hydrogens is 394 g/mol. The van der Waals surface area contributed by atoms with E-state index in [9.17, 15) is 0 Å². The van der Waals surface area contributed by atoms with Crippen LogP contribution in [-0.4, -0.2) is 9.97 Å². The van der Waals surface area contributed by atoms with E-state index in [2.05, 4.69) is 42.9 Å². The van der Waals surface area contributed by atoms with Gasteiger partial charge in [0.1, 0.15) is 11.6 Å². The van der Waals surface area contributed by atoms with Crippen molar-refractivity contribution in [3.63, 3.8) is 0 Å². The Morgan fingerprint density at radius 1 is 1.10 bits per heavy atom. The first-order chi connectivity index (χ1) is 10.1. The molecule has 0 unspecified atom stereocenters. The van der Waals surface area contributed by atoms with Crippen LogP contribution in [0, 0.1) is 0 Å². The zero-order chi connectivity index (χ0) is 14.8. The lowest BCUT2D eigenvalue weighted by Crippen LogP contribution is -2.08. The van der Waals surface area contributed by atoms with Crippen LogP contribution in [0.5, 0.6) is 0 Å². The predicted octanol–water partition coefficient (Wildman–Crippen LogP) is 4.83. The Morgan fingerprint density at radius 2 is 1.81 bits per heavy atom. The second-order valence-electron chi connectivity index (χ2n) is 5.47. The van der Waals surface area contributed by atoms with Crippen molar-refractivity contribution < 1.29 is 0 Å². The summed E-state index contributed by atoms with van der Waals surface area (Å²) in [6.07, 6.45) is 5.65. The van der Waals surface area contributed by atoms with Gasteiger partial charge in [0.2, 0.25) is 0 Å². The molecule has 0 atom stereocenters. The van der Waals surface area contributed by atoms with E-state index in [-0.39, 0.29) is 0 Å². The molecule has 1 aliphatic carbocycles. The molecule has 2 N–H and O–H groups in total. The zero-order valence-electron chi connectivity index (χ0n) is 11.6. The Hall–Kier alpha value is -0.940. The van der Waals surface area contributed by atoms with Crippen LogP contribution >= 0.6 is 31.9 Å². The van der Waals surface area contributed by atoms with Gasteiger partial charge in [0.15, 0.2) is 0 Å². The molecule has 1 saturated carbocycles.